The van der Waals surface area contributed by atoms with Crippen LogP contribution in [0.1, 0.15) is 15.9 Å². The fourth-order valence-corrected chi connectivity index (χ4v) is 2.72. The Balaban J connectivity index is 1.64. The highest BCUT2D eigenvalue weighted by molar-refractivity contribution is 5.95. The van der Waals surface area contributed by atoms with Crippen molar-refractivity contribution < 1.29 is 28.2 Å². The Morgan fingerprint density at radius 2 is 1.72 bits per heavy atom. The number of hydrogen-bond acceptors (Lipinski definition) is 7. The van der Waals surface area contributed by atoms with Gasteiger partial charge >= 0.3 is 11.6 Å². The van der Waals surface area contributed by atoms with E-state index in [1.54, 1.807) is 30.3 Å². The van der Waals surface area contributed by atoms with Crippen LogP contribution in [0.25, 0.3) is 11.0 Å². The van der Waals surface area contributed by atoms with E-state index in [1.165, 1.54) is 20.3 Å². The number of methoxy groups -OCH3 is 2. The van der Waals surface area contributed by atoms with Gasteiger partial charge in [0.15, 0.2) is 17.9 Å². The maximum Gasteiger partial charge on any atom is 0.351 e. The first-order valence-corrected chi connectivity index (χ1v) is 8.70. The van der Waals surface area contributed by atoms with Crippen molar-refractivity contribution in [2.24, 2.45) is 0 Å². The van der Waals surface area contributed by atoms with Crippen molar-refractivity contribution in [1.82, 2.24) is 5.32 Å². The van der Waals surface area contributed by atoms with Gasteiger partial charge < -0.3 is 23.9 Å². The molecule has 0 aliphatic carbocycles. The highest BCUT2D eigenvalue weighted by Gasteiger charge is 2.18. The Hall–Kier alpha value is -3.81. The molecule has 0 aliphatic rings. The summed E-state index contributed by atoms with van der Waals surface area (Å²) in [5.41, 5.74) is -0.172. The second-order valence-corrected chi connectivity index (χ2v) is 5.99. The summed E-state index contributed by atoms with van der Waals surface area (Å²) in [6, 6.07) is 13.6. The number of nitrogens with one attached hydrogen (secondary N) is 1. The van der Waals surface area contributed by atoms with Crippen LogP contribution in [-0.4, -0.2) is 32.7 Å². The normalized spacial score (nSPS) is 10.4. The van der Waals surface area contributed by atoms with Gasteiger partial charge in [0.05, 0.1) is 14.2 Å². The molecule has 1 N–H and O–H groups in total. The molecular formula is C21H19NO7. The maximum absolute atomic E-state index is 12.2. The minimum Gasteiger partial charge on any atom is -0.496 e. The van der Waals surface area contributed by atoms with Crippen molar-refractivity contribution in [3.05, 3.63) is 70.1 Å². The zero-order chi connectivity index (χ0) is 20.8. The lowest BCUT2D eigenvalue weighted by Crippen LogP contribution is -2.29. The van der Waals surface area contributed by atoms with E-state index in [0.717, 1.165) is 5.56 Å². The number of rotatable bonds is 7. The number of amides is 1. The van der Waals surface area contributed by atoms with Gasteiger partial charge in [0.2, 0.25) is 0 Å². The van der Waals surface area contributed by atoms with Crippen molar-refractivity contribution in [2.45, 2.75) is 6.54 Å². The molecule has 8 heteroatoms. The van der Waals surface area contributed by atoms with Crippen LogP contribution in [-0.2, 0) is 16.1 Å². The van der Waals surface area contributed by atoms with Gasteiger partial charge in [0.1, 0.15) is 11.3 Å². The van der Waals surface area contributed by atoms with Gasteiger partial charge in [-0.3, -0.25) is 4.79 Å². The number of ether oxygens (including phenoxy) is 3. The molecule has 1 heterocycles. The summed E-state index contributed by atoms with van der Waals surface area (Å²) in [6.07, 6.45) is 0. The minimum absolute atomic E-state index is 0.207. The van der Waals surface area contributed by atoms with Crippen LogP contribution in [0.3, 0.4) is 0 Å². The molecule has 29 heavy (non-hydrogen) atoms. The van der Waals surface area contributed by atoms with Crippen LogP contribution in [0, 0.1) is 0 Å². The van der Waals surface area contributed by atoms with Crippen LogP contribution in [0.5, 0.6) is 11.5 Å². The Labute approximate surface area is 166 Å². The fraction of sp³-hybridized carbons (Fsp3) is 0.190. The number of carbonyl (C=O) groups is 2. The smallest absolute Gasteiger partial charge is 0.351 e. The van der Waals surface area contributed by atoms with Crippen LogP contribution >= 0.6 is 0 Å². The number of carbonyl (C=O) groups excluding carboxylic acids is 2. The SMILES string of the molecule is COc1ccccc1CNC(=O)COC(=O)c1cc2cccc(OC)c2oc1=O. The van der Waals surface area contributed by atoms with E-state index in [1.807, 2.05) is 12.1 Å². The van der Waals surface area contributed by atoms with E-state index in [2.05, 4.69) is 5.32 Å². The van der Waals surface area contributed by atoms with Crippen LogP contribution < -0.4 is 20.4 Å². The van der Waals surface area contributed by atoms with Gasteiger partial charge in [-0.25, -0.2) is 9.59 Å². The van der Waals surface area contributed by atoms with Crippen molar-refractivity contribution >= 4 is 22.8 Å². The second kappa shape index (κ2) is 8.92. The molecule has 2 aromatic carbocycles. The van der Waals surface area contributed by atoms with E-state index >= 15 is 0 Å². The van der Waals surface area contributed by atoms with E-state index in [9.17, 15) is 14.4 Å². The molecule has 150 valence electrons. The van der Waals surface area contributed by atoms with Crippen LogP contribution in [0.4, 0.5) is 0 Å². The predicted molar refractivity (Wildman–Crippen MR) is 104 cm³/mol. The van der Waals surface area contributed by atoms with Crippen LogP contribution in [0.2, 0.25) is 0 Å². The fourth-order valence-electron chi connectivity index (χ4n) is 2.72. The van der Waals surface area contributed by atoms with E-state index in [-0.39, 0.29) is 17.7 Å². The topological polar surface area (TPSA) is 104 Å². The number of fused-ring (bicyclic) bond motifs is 1. The van der Waals surface area contributed by atoms with Crippen LogP contribution in [0.15, 0.2) is 57.7 Å². The average molecular weight is 397 g/mol. The first-order chi connectivity index (χ1) is 14.0. The first kappa shape index (κ1) is 19.9. The van der Waals surface area contributed by atoms with Gasteiger partial charge in [0, 0.05) is 17.5 Å². The standard InChI is InChI=1S/C21H19NO7/c1-26-16-8-4-3-6-14(16)11-22-18(23)12-28-20(24)15-10-13-7-5-9-17(27-2)19(13)29-21(15)25/h3-10H,11-12H2,1-2H3,(H,22,23). The Kier molecular flexibility index (Phi) is 6.13. The van der Waals surface area contributed by atoms with E-state index < -0.39 is 24.1 Å². The van der Waals surface area contributed by atoms with Crippen molar-refractivity contribution in [2.75, 3.05) is 20.8 Å². The summed E-state index contributed by atoms with van der Waals surface area (Å²) in [7, 11) is 2.98. The van der Waals surface area contributed by atoms with E-state index in [0.29, 0.717) is 16.9 Å². The second-order valence-electron chi connectivity index (χ2n) is 5.99. The average Bonchev–Trinajstić information content (AvgIpc) is 2.75. The lowest BCUT2D eigenvalue weighted by atomic mass is 10.2. The molecule has 1 amide bonds. The number of esters is 1. The zero-order valence-electron chi connectivity index (χ0n) is 15.9. The molecule has 3 rings (SSSR count). The largest absolute Gasteiger partial charge is 0.496 e. The summed E-state index contributed by atoms with van der Waals surface area (Å²) in [5, 5.41) is 3.12. The Bertz CT molecular complexity index is 1100. The lowest BCUT2D eigenvalue weighted by molar-refractivity contribution is -0.124. The van der Waals surface area contributed by atoms with Crippen molar-refractivity contribution in [3.63, 3.8) is 0 Å². The molecular weight excluding hydrogens is 378 g/mol. The zero-order valence-corrected chi connectivity index (χ0v) is 15.9. The summed E-state index contributed by atoms with van der Waals surface area (Å²) in [4.78, 5) is 36.3. The maximum atomic E-state index is 12.2. The minimum atomic E-state index is -0.948. The van der Waals surface area contributed by atoms with Gasteiger partial charge in [-0.2, -0.15) is 0 Å². The molecule has 0 aliphatic heterocycles. The lowest BCUT2D eigenvalue weighted by Gasteiger charge is -2.10. The van der Waals surface area contributed by atoms with Crippen molar-refractivity contribution in [1.29, 1.82) is 0 Å². The van der Waals surface area contributed by atoms with Gasteiger partial charge in [0.25, 0.3) is 5.91 Å². The van der Waals surface area contributed by atoms with Gasteiger partial charge in [-0.1, -0.05) is 30.3 Å². The molecule has 0 atom stereocenters. The first-order valence-electron chi connectivity index (χ1n) is 8.70. The highest BCUT2D eigenvalue weighted by Crippen LogP contribution is 2.24. The number of benzene rings is 2. The molecule has 0 radical (unpaired) electrons. The predicted octanol–water partition coefficient (Wildman–Crippen LogP) is 2.28. The third-order valence-corrected chi connectivity index (χ3v) is 4.17. The molecule has 0 bridgehead atoms. The highest BCUT2D eigenvalue weighted by atomic mass is 16.5. The summed E-state index contributed by atoms with van der Waals surface area (Å²) < 4.78 is 20.5. The molecule has 1 aromatic heterocycles. The summed E-state index contributed by atoms with van der Waals surface area (Å²) >= 11 is 0. The molecule has 0 unspecified atom stereocenters. The summed E-state index contributed by atoms with van der Waals surface area (Å²) in [5.74, 6) is -0.462. The number of para-hydroxylation sites is 2. The third-order valence-electron chi connectivity index (χ3n) is 4.17. The molecule has 8 nitrogen and oxygen atoms in total. The quantitative estimate of drug-likeness (QED) is 0.482. The molecule has 3 aromatic rings. The number of hydrogen-bond donors (Lipinski definition) is 1. The molecule has 0 fully saturated rings. The van der Waals surface area contributed by atoms with Gasteiger partial charge in [-0.15, -0.1) is 0 Å². The Morgan fingerprint density at radius 1 is 1.00 bits per heavy atom. The molecule has 0 spiro atoms. The van der Waals surface area contributed by atoms with Crippen molar-refractivity contribution in [3.8, 4) is 11.5 Å². The Morgan fingerprint density at radius 3 is 2.48 bits per heavy atom. The van der Waals surface area contributed by atoms with E-state index in [4.69, 9.17) is 18.6 Å². The molecule has 0 saturated carbocycles. The molecule has 0 saturated heterocycles. The monoisotopic (exact) mass is 397 g/mol. The third kappa shape index (κ3) is 4.55. The van der Waals surface area contributed by atoms with Gasteiger partial charge in [-0.05, 0) is 18.2 Å². The summed E-state index contributed by atoms with van der Waals surface area (Å²) in [6.45, 7) is -0.331.